The summed E-state index contributed by atoms with van der Waals surface area (Å²) >= 11 is 11.9. The second-order valence-electron chi connectivity index (χ2n) is 4.53. The molecule has 1 atom stereocenters. The molecule has 0 spiro atoms. The average Bonchev–Trinajstić information content (AvgIpc) is 2.28. The van der Waals surface area contributed by atoms with Gasteiger partial charge in [0.2, 0.25) is 0 Å². The van der Waals surface area contributed by atoms with Gasteiger partial charge in [-0.3, -0.25) is 0 Å². The first kappa shape index (κ1) is 14.8. The number of hydrogen-bond acceptors (Lipinski definition) is 2. The Kier molecular flexibility index (Phi) is 6.28. The molecule has 0 heterocycles. The molecule has 0 radical (unpaired) electrons. The molecular weight excluding hydrogens is 255 g/mol. The van der Waals surface area contributed by atoms with Crippen molar-refractivity contribution in [3.63, 3.8) is 0 Å². The minimum atomic E-state index is 0.467. The molecule has 17 heavy (non-hydrogen) atoms. The molecule has 1 N–H and O–H groups in total. The van der Waals surface area contributed by atoms with Gasteiger partial charge in [0.25, 0.3) is 0 Å². The molecule has 0 bridgehead atoms. The summed E-state index contributed by atoms with van der Waals surface area (Å²) in [4.78, 5) is 2.19. The Labute approximate surface area is 114 Å². The fourth-order valence-corrected chi connectivity index (χ4v) is 2.03. The van der Waals surface area contributed by atoms with Crippen LogP contribution < -0.4 is 5.32 Å². The molecule has 0 saturated heterocycles. The summed E-state index contributed by atoms with van der Waals surface area (Å²) in [6.45, 7) is 1.08. The van der Waals surface area contributed by atoms with E-state index in [0.29, 0.717) is 16.1 Å². The van der Waals surface area contributed by atoms with E-state index >= 15 is 0 Å². The first-order valence-electron chi connectivity index (χ1n) is 5.79. The van der Waals surface area contributed by atoms with Crippen LogP contribution in [0.5, 0.6) is 0 Å². The molecule has 0 aliphatic rings. The van der Waals surface area contributed by atoms with Gasteiger partial charge in [0.15, 0.2) is 0 Å². The topological polar surface area (TPSA) is 15.3 Å². The quantitative estimate of drug-likeness (QED) is 0.858. The maximum Gasteiger partial charge on any atom is 0.0595 e. The first-order chi connectivity index (χ1) is 8.02. The lowest BCUT2D eigenvalue weighted by atomic mass is 10.0. The average molecular weight is 275 g/mol. The number of rotatable bonds is 6. The van der Waals surface area contributed by atoms with Crippen molar-refractivity contribution in [3.8, 4) is 0 Å². The van der Waals surface area contributed by atoms with E-state index in [1.54, 1.807) is 0 Å². The third kappa shape index (κ3) is 5.26. The van der Waals surface area contributed by atoms with Crippen molar-refractivity contribution in [2.75, 3.05) is 27.7 Å². The molecular formula is C13H20Cl2N2. The van der Waals surface area contributed by atoms with Gasteiger partial charge in [0.05, 0.1) is 10.0 Å². The predicted molar refractivity (Wildman–Crippen MR) is 76.2 cm³/mol. The van der Waals surface area contributed by atoms with E-state index in [-0.39, 0.29) is 0 Å². The van der Waals surface area contributed by atoms with Gasteiger partial charge in [-0.2, -0.15) is 0 Å². The Bertz CT molecular complexity index is 353. The Morgan fingerprint density at radius 1 is 1.24 bits per heavy atom. The number of likely N-dealkylation sites (N-methyl/N-ethyl adjacent to an activating group) is 1. The molecule has 96 valence electrons. The first-order valence-corrected chi connectivity index (χ1v) is 6.54. The van der Waals surface area contributed by atoms with Crippen molar-refractivity contribution in [1.29, 1.82) is 0 Å². The van der Waals surface area contributed by atoms with Crippen molar-refractivity contribution in [1.82, 2.24) is 10.2 Å². The summed E-state index contributed by atoms with van der Waals surface area (Å²) in [7, 11) is 6.18. The van der Waals surface area contributed by atoms with Gasteiger partial charge in [-0.05, 0) is 58.2 Å². The van der Waals surface area contributed by atoms with Crippen molar-refractivity contribution in [2.45, 2.75) is 18.9 Å². The monoisotopic (exact) mass is 274 g/mol. The summed E-state index contributed by atoms with van der Waals surface area (Å²) in [6.07, 6.45) is 2.09. The highest BCUT2D eigenvalue weighted by molar-refractivity contribution is 6.42. The molecule has 0 aromatic heterocycles. The van der Waals surface area contributed by atoms with E-state index in [1.807, 2.05) is 25.2 Å². The molecule has 0 amide bonds. The summed E-state index contributed by atoms with van der Waals surface area (Å²) < 4.78 is 0. The predicted octanol–water partition coefficient (Wildman–Crippen LogP) is 3.08. The fraction of sp³-hybridized carbons (Fsp3) is 0.538. The molecule has 0 aliphatic heterocycles. The zero-order valence-corrected chi connectivity index (χ0v) is 12.1. The van der Waals surface area contributed by atoms with Crippen molar-refractivity contribution >= 4 is 23.2 Å². The number of halogens is 2. The van der Waals surface area contributed by atoms with E-state index in [1.165, 1.54) is 5.56 Å². The van der Waals surface area contributed by atoms with Gasteiger partial charge in [-0.25, -0.2) is 0 Å². The maximum atomic E-state index is 6.01. The Balaban J connectivity index is 2.57. The van der Waals surface area contributed by atoms with Gasteiger partial charge < -0.3 is 10.2 Å². The van der Waals surface area contributed by atoms with Crippen LogP contribution in [0, 0.1) is 0 Å². The zero-order valence-electron chi connectivity index (χ0n) is 10.6. The van der Waals surface area contributed by atoms with Gasteiger partial charge in [0, 0.05) is 6.04 Å². The van der Waals surface area contributed by atoms with Crippen LogP contribution in [0.3, 0.4) is 0 Å². The van der Waals surface area contributed by atoms with Crippen LogP contribution in [0.15, 0.2) is 18.2 Å². The van der Waals surface area contributed by atoms with Crippen LogP contribution in [0.1, 0.15) is 12.0 Å². The number of nitrogens with zero attached hydrogens (tertiary/aromatic N) is 1. The third-order valence-electron chi connectivity index (χ3n) is 2.80. The number of benzene rings is 1. The molecule has 4 heteroatoms. The Morgan fingerprint density at radius 3 is 2.47 bits per heavy atom. The second-order valence-corrected chi connectivity index (χ2v) is 5.34. The lowest BCUT2D eigenvalue weighted by molar-refractivity contribution is 0.364. The molecule has 1 aromatic carbocycles. The molecule has 0 aliphatic carbocycles. The Morgan fingerprint density at radius 2 is 1.94 bits per heavy atom. The zero-order chi connectivity index (χ0) is 12.8. The lowest BCUT2D eigenvalue weighted by Crippen LogP contribution is -2.31. The Hall–Kier alpha value is -0.280. The van der Waals surface area contributed by atoms with Gasteiger partial charge >= 0.3 is 0 Å². The van der Waals surface area contributed by atoms with Crippen LogP contribution in [0.2, 0.25) is 10.0 Å². The van der Waals surface area contributed by atoms with Crippen LogP contribution in [0.4, 0.5) is 0 Å². The van der Waals surface area contributed by atoms with Crippen LogP contribution in [-0.4, -0.2) is 38.6 Å². The largest absolute Gasteiger partial charge is 0.317 e. The molecule has 2 nitrogen and oxygen atoms in total. The smallest absolute Gasteiger partial charge is 0.0595 e. The normalized spacial score (nSPS) is 13.1. The van der Waals surface area contributed by atoms with Crippen LogP contribution in [-0.2, 0) is 6.42 Å². The SMILES string of the molecule is CNC(CCN(C)C)Cc1ccc(Cl)c(Cl)c1. The van der Waals surface area contributed by atoms with E-state index in [2.05, 4.69) is 24.3 Å². The highest BCUT2D eigenvalue weighted by atomic mass is 35.5. The fourth-order valence-electron chi connectivity index (χ4n) is 1.71. The van der Waals surface area contributed by atoms with E-state index in [4.69, 9.17) is 23.2 Å². The van der Waals surface area contributed by atoms with E-state index in [0.717, 1.165) is 19.4 Å². The van der Waals surface area contributed by atoms with Gasteiger partial charge in [0.1, 0.15) is 0 Å². The van der Waals surface area contributed by atoms with Gasteiger partial charge in [-0.1, -0.05) is 29.3 Å². The number of hydrogen-bond donors (Lipinski definition) is 1. The van der Waals surface area contributed by atoms with Gasteiger partial charge in [-0.15, -0.1) is 0 Å². The van der Waals surface area contributed by atoms with Crippen LogP contribution >= 0.6 is 23.2 Å². The summed E-state index contributed by atoms with van der Waals surface area (Å²) in [5.74, 6) is 0. The second kappa shape index (κ2) is 7.22. The van der Waals surface area contributed by atoms with Crippen molar-refractivity contribution in [2.24, 2.45) is 0 Å². The highest BCUT2D eigenvalue weighted by Crippen LogP contribution is 2.23. The van der Waals surface area contributed by atoms with Crippen molar-refractivity contribution < 1.29 is 0 Å². The van der Waals surface area contributed by atoms with E-state index < -0.39 is 0 Å². The number of nitrogens with one attached hydrogen (secondary N) is 1. The molecule has 1 aromatic rings. The standard InChI is InChI=1S/C13H20Cl2N2/c1-16-11(6-7-17(2)3)8-10-4-5-12(14)13(15)9-10/h4-5,9,11,16H,6-8H2,1-3H3. The molecule has 1 rings (SSSR count). The lowest BCUT2D eigenvalue weighted by Gasteiger charge is -2.19. The minimum absolute atomic E-state index is 0.467. The maximum absolute atomic E-state index is 6.01. The van der Waals surface area contributed by atoms with E-state index in [9.17, 15) is 0 Å². The molecule has 0 fully saturated rings. The highest BCUT2D eigenvalue weighted by Gasteiger charge is 2.09. The summed E-state index contributed by atoms with van der Waals surface area (Å²) in [5.41, 5.74) is 1.22. The summed E-state index contributed by atoms with van der Waals surface area (Å²) in [6, 6.07) is 6.31. The third-order valence-corrected chi connectivity index (χ3v) is 3.54. The van der Waals surface area contributed by atoms with Crippen molar-refractivity contribution in [3.05, 3.63) is 33.8 Å². The molecule has 1 unspecified atom stereocenters. The minimum Gasteiger partial charge on any atom is -0.317 e. The van der Waals surface area contributed by atoms with Crippen LogP contribution in [0.25, 0.3) is 0 Å². The molecule has 0 saturated carbocycles. The summed E-state index contributed by atoms with van der Waals surface area (Å²) in [5, 5.41) is 4.58.